The summed E-state index contributed by atoms with van der Waals surface area (Å²) in [6.45, 7) is 4.06. The number of nitrogens with one attached hydrogen (secondary N) is 1. The predicted octanol–water partition coefficient (Wildman–Crippen LogP) is 2.65. The number of rotatable bonds is 1. The van der Waals surface area contributed by atoms with E-state index < -0.39 is 17.6 Å². The monoisotopic (exact) mass is 278 g/mol. The highest BCUT2D eigenvalue weighted by Crippen LogP contribution is 2.39. The number of benzene rings is 1. The Labute approximate surface area is 116 Å². The quantitative estimate of drug-likeness (QED) is 0.858. The summed E-state index contributed by atoms with van der Waals surface area (Å²) in [4.78, 5) is 12.3. The maximum absolute atomic E-state index is 13.9. The van der Waals surface area contributed by atoms with E-state index in [1.807, 2.05) is 13.8 Å². The third kappa shape index (κ3) is 2.11. The van der Waals surface area contributed by atoms with E-state index in [4.69, 9.17) is 0 Å². The Bertz CT molecular complexity index is 610. The van der Waals surface area contributed by atoms with Crippen LogP contribution < -0.4 is 5.43 Å². The van der Waals surface area contributed by atoms with E-state index >= 15 is 0 Å². The van der Waals surface area contributed by atoms with Gasteiger partial charge in [0.25, 0.3) is 0 Å². The molecule has 106 valence electrons. The van der Waals surface area contributed by atoms with Gasteiger partial charge in [-0.05, 0) is 30.0 Å². The zero-order chi connectivity index (χ0) is 14.5. The van der Waals surface area contributed by atoms with Crippen LogP contribution in [0.1, 0.15) is 32.3 Å². The van der Waals surface area contributed by atoms with Gasteiger partial charge < -0.3 is 5.43 Å². The molecule has 1 aromatic rings. The number of hydrogen-bond donors (Lipinski definition) is 1. The van der Waals surface area contributed by atoms with E-state index in [1.165, 1.54) is 0 Å². The van der Waals surface area contributed by atoms with Crippen molar-refractivity contribution >= 4 is 11.5 Å². The predicted molar refractivity (Wildman–Crippen MR) is 71.3 cm³/mol. The standard InChI is InChI=1S/C15H16F2N2O/c1-15(2)6-11-13(12(20)7-15)14(19-18-11)9-5-8(16)3-4-10(9)17/h3-5,11,13,18H,6-7H2,1-2H3. The molecule has 2 aliphatic rings. The highest BCUT2D eigenvalue weighted by Gasteiger charge is 2.46. The molecule has 0 spiro atoms. The molecular formula is C15H16F2N2O. The highest BCUT2D eigenvalue weighted by molar-refractivity contribution is 6.15. The van der Waals surface area contributed by atoms with Gasteiger partial charge in [-0.15, -0.1) is 0 Å². The summed E-state index contributed by atoms with van der Waals surface area (Å²) < 4.78 is 27.2. The fourth-order valence-corrected chi connectivity index (χ4v) is 3.20. The smallest absolute Gasteiger partial charge is 0.144 e. The van der Waals surface area contributed by atoms with Gasteiger partial charge >= 0.3 is 0 Å². The Morgan fingerprint density at radius 3 is 2.85 bits per heavy atom. The molecule has 1 aliphatic heterocycles. The van der Waals surface area contributed by atoms with Crippen LogP contribution in [-0.4, -0.2) is 17.5 Å². The summed E-state index contributed by atoms with van der Waals surface area (Å²) in [6, 6.07) is 3.11. The summed E-state index contributed by atoms with van der Waals surface area (Å²) >= 11 is 0. The van der Waals surface area contributed by atoms with Crippen molar-refractivity contribution in [3.63, 3.8) is 0 Å². The topological polar surface area (TPSA) is 41.5 Å². The largest absolute Gasteiger partial charge is 0.306 e. The zero-order valence-electron chi connectivity index (χ0n) is 11.4. The molecule has 5 heteroatoms. The molecule has 3 rings (SSSR count). The van der Waals surface area contributed by atoms with Gasteiger partial charge in [0.2, 0.25) is 0 Å². The van der Waals surface area contributed by atoms with Crippen molar-refractivity contribution in [1.82, 2.24) is 5.43 Å². The van der Waals surface area contributed by atoms with Crippen LogP contribution in [0.4, 0.5) is 8.78 Å². The minimum absolute atomic E-state index is 0.0404. The van der Waals surface area contributed by atoms with Gasteiger partial charge in [0.15, 0.2) is 0 Å². The van der Waals surface area contributed by atoms with Crippen LogP contribution in [0.15, 0.2) is 23.3 Å². The second-order valence-electron chi connectivity index (χ2n) is 6.35. The van der Waals surface area contributed by atoms with Gasteiger partial charge in [0.05, 0.1) is 17.7 Å². The van der Waals surface area contributed by atoms with Crippen LogP contribution in [-0.2, 0) is 4.79 Å². The summed E-state index contributed by atoms with van der Waals surface area (Å²) in [5, 5.41) is 4.11. The minimum Gasteiger partial charge on any atom is -0.306 e. The van der Waals surface area contributed by atoms with E-state index in [-0.39, 0.29) is 22.8 Å². The van der Waals surface area contributed by atoms with Crippen molar-refractivity contribution in [2.45, 2.75) is 32.7 Å². The molecule has 0 aromatic heterocycles. The molecule has 1 saturated carbocycles. The molecule has 1 aromatic carbocycles. The fourth-order valence-electron chi connectivity index (χ4n) is 3.20. The number of fused-ring (bicyclic) bond motifs is 1. The maximum atomic E-state index is 13.9. The van der Waals surface area contributed by atoms with E-state index in [0.717, 1.165) is 24.6 Å². The molecule has 0 saturated heterocycles. The van der Waals surface area contributed by atoms with Gasteiger partial charge in [0, 0.05) is 12.0 Å². The van der Waals surface area contributed by atoms with Crippen LogP contribution in [0.5, 0.6) is 0 Å². The molecule has 0 radical (unpaired) electrons. The van der Waals surface area contributed by atoms with Gasteiger partial charge in [-0.25, -0.2) is 8.78 Å². The second-order valence-corrected chi connectivity index (χ2v) is 6.35. The van der Waals surface area contributed by atoms with Crippen molar-refractivity contribution in [2.75, 3.05) is 0 Å². The summed E-state index contributed by atoms with van der Waals surface area (Å²) in [6.07, 6.45) is 1.22. The first-order chi connectivity index (χ1) is 9.37. The Hall–Kier alpha value is -1.78. The Kier molecular flexibility index (Phi) is 2.88. The van der Waals surface area contributed by atoms with Crippen LogP contribution >= 0.6 is 0 Å². The van der Waals surface area contributed by atoms with Gasteiger partial charge in [-0.1, -0.05) is 13.8 Å². The first-order valence-corrected chi connectivity index (χ1v) is 6.69. The Morgan fingerprint density at radius 2 is 2.10 bits per heavy atom. The Morgan fingerprint density at radius 1 is 1.35 bits per heavy atom. The number of nitrogens with zero attached hydrogens (tertiary/aromatic N) is 1. The molecule has 2 unspecified atom stereocenters. The molecule has 1 N–H and O–H groups in total. The molecular weight excluding hydrogens is 262 g/mol. The van der Waals surface area contributed by atoms with Gasteiger partial charge in [0.1, 0.15) is 17.4 Å². The molecule has 2 atom stereocenters. The molecule has 1 fully saturated rings. The van der Waals surface area contributed by atoms with Gasteiger partial charge in [-0.2, -0.15) is 5.10 Å². The lowest BCUT2D eigenvalue weighted by atomic mass is 9.68. The molecule has 1 heterocycles. The molecule has 3 nitrogen and oxygen atoms in total. The highest BCUT2D eigenvalue weighted by atomic mass is 19.1. The third-order valence-corrected chi connectivity index (χ3v) is 4.02. The first kappa shape index (κ1) is 13.2. The molecule has 0 amide bonds. The summed E-state index contributed by atoms with van der Waals surface area (Å²) in [5.41, 5.74) is 3.24. The first-order valence-electron chi connectivity index (χ1n) is 6.69. The lowest BCUT2D eigenvalue weighted by molar-refractivity contribution is -0.126. The van der Waals surface area contributed by atoms with E-state index in [9.17, 15) is 13.6 Å². The van der Waals surface area contributed by atoms with Crippen molar-refractivity contribution in [3.8, 4) is 0 Å². The summed E-state index contributed by atoms with van der Waals surface area (Å²) in [7, 11) is 0. The van der Waals surface area contributed by atoms with Crippen LogP contribution in [0.2, 0.25) is 0 Å². The lowest BCUT2D eigenvalue weighted by Gasteiger charge is -2.36. The average molecular weight is 278 g/mol. The molecule has 1 aliphatic carbocycles. The van der Waals surface area contributed by atoms with Crippen molar-refractivity contribution in [1.29, 1.82) is 0 Å². The number of hydrazone groups is 1. The zero-order valence-corrected chi connectivity index (χ0v) is 11.4. The number of carbonyl (C=O) groups is 1. The van der Waals surface area contributed by atoms with E-state index in [0.29, 0.717) is 12.1 Å². The lowest BCUT2D eigenvalue weighted by Crippen LogP contribution is -2.45. The van der Waals surface area contributed by atoms with E-state index in [2.05, 4.69) is 10.5 Å². The third-order valence-electron chi connectivity index (χ3n) is 4.02. The Balaban J connectivity index is 1.97. The van der Waals surface area contributed by atoms with Crippen molar-refractivity contribution in [3.05, 3.63) is 35.4 Å². The van der Waals surface area contributed by atoms with Crippen molar-refractivity contribution in [2.24, 2.45) is 16.4 Å². The van der Waals surface area contributed by atoms with Crippen LogP contribution in [0.25, 0.3) is 0 Å². The van der Waals surface area contributed by atoms with E-state index in [1.54, 1.807) is 0 Å². The number of hydrogen-bond acceptors (Lipinski definition) is 3. The number of Topliss-reactive ketones (excluding diaryl/α,β-unsaturated/α-hetero) is 1. The maximum Gasteiger partial charge on any atom is 0.144 e. The normalized spacial score (nSPS) is 27.8. The van der Waals surface area contributed by atoms with Crippen LogP contribution in [0, 0.1) is 23.0 Å². The molecule has 20 heavy (non-hydrogen) atoms. The minimum atomic E-state index is -0.551. The fraction of sp³-hybridized carbons (Fsp3) is 0.467. The number of ketones is 1. The number of carbonyl (C=O) groups excluding carboxylic acids is 1. The summed E-state index contributed by atoms with van der Waals surface area (Å²) in [5.74, 6) is -1.51. The SMILES string of the molecule is CC1(C)CC(=O)C2C(c3cc(F)ccc3F)=NNC2C1. The van der Waals surface area contributed by atoms with Crippen molar-refractivity contribution < 1.29 is 13.6 Å². The molecule has 0 bridgehead atoms. The van der Waals surface area contributed by atoms with Crippen LogP contribution in [0.3, 0.4) is 0 Å². The van der Waals surface area contributed by atoms with Gasteiger partial charge in [-0.3, -0.25) is 4.79 Å². The second kappa shape index (κ2) is 4.36. The average Bonchev–Trinajstić information content (AvgIpc) is 2.74. The number of halogens is 2.